The van der Waals surface area contributed by atoms with Crippen LogP contribution in [0.1, 0.15) is 5.56 Å². The molecule has 0 radical (unpaired) electrons. The van der Waals surface area contributed by atoms with E-state index in [9.17, 15) is 5.11 Å². The van der Waals surface area contributed by atoms with Crippen molar-refractivity contribution in [2.24, 2.45) is 5.10 Å². The van der Waals surface area contributed by atoms with Gasteiger partial charge in [-0.15, -0.1) is 0 Å². The number of ether oxygens (including phenoxy) is 2. The molecule has 0 unspecified atom stereocenters. The number of phenolic OH excluding ortho intramolecular Hbond substituents is 1. The lowest BCUT2D eigenvalue weighted by atomic mass is 10.1. The summed E-state index contributed by atoms with van der Waals surface area (Å²) < 4.78 is 10.8. The van der Waals surface area contributed by atoms with Gasteiger partial charge in [0.15, 0.2) is 11.5 Å². The molecule has 7 nitrogen and oxygen atoms in total. The molecule has 1 heterocycles. The molecule has 4 rings (SSSR count). The summed E-state index contributed by atoms with van der Waals surface area (Å²) in [5.41, 5.74) is 6.68. The van der Waals surface area contributed by atoms with Crippen LogP contribution in [0.2, 0.25) is 0 Å². The van der Waals surface area contributed by atoms with Gasteiger partial charge in [0.1, 0.15) is 5.75 Å². The van der Waals surface area contributed by atoms with Gasteiger partial charge in [0.2, 0.25) is 5.95 Å². The molecule has 0 aliphatic rings. The molecule has 0 aliphatic heterocycles. The molecule has 0 atom stereocenters. The first-order valence-corrected chi connectivity index (χ1v) is 9.92. The lowest BCUT2D eigenvalue weighted by molar-refractivity contribution is 0.355. The Kier molecular flexibility index (Phi) is 6.27. The van der Waals surface area contributed by atoms with Crippen molar-refractivity contribution in [1.29, 1.82) is 0 Å². The van der Waals surface area contributed by atoms with Crippen molar-refractivity contribution in [2.75, 3.05) is 19.6 Å². The molecule has 160 valence electrons. The van der Waals surface area contributed by atoms with Gasteiger partial charge in [-0.05, 0) is 36.4 Å². The Balaban J connectivity index is 1.73. The number of hydrogen-bond donors (Lipinski definition) is 2. The SMILES string of the molecule is COc1ccc(-c2cc(-c3ccccc3)nc(N/N=C/c3ccccc3O)n2)cc1OC. The number of hydrogen-bond acceptors (Lipinski definition) is 7. The maximum Gasteiger partial charge on any atom is 0.244 e. The van der Waals surface area contributed by atoms with Gasteiger partial charge >= 0.3 is 0 Å². The van der Waals surface area contributed by atoms with Gasteiger partial charge in [0.25, 0.3) is 0 Å². The Bertz CT molecular complexity index is 1240. The number of hydrazone groups is 1. The average Bonchev–Trinajstić information content (AvgIpc) is 2.85. The zero-order valence-corrected chi connectivity index (χ0v) is 17.7. The van der Waals surface area contributed by atoms with Gasteiger partial charge in [0, 0.05) is 16.7 Å². The van der Waals surface area contributed by atoms with Crippen molar-refractivity contribution in [3.8, 4) is 39.8 Å². The number of rotatable bonds is 7. The number of aromatic nitrogens is 2. The predicted molar refractivity (Wildman–Crippen MR) is 125 cm³/mol. The molecule has 4 aromatic rings. The first-order chi connectivity index (χ1) is 15.7. The molecule has 0 bridgehead atoms. The Morgan fingerprint density at radius 3 is 2.19 bits per heavy atom. The van der Waals surface area contributed by atoms with Crippen LogP contribution in [0.25, 0.3) is 22.5 Å². The van der Waals surface area contributed by atoms with E-state index in [1.165, 1.54) is 6.21 Å². The Morgan fingerprint density at radius 1 is 0.781 bits per heavy atom. The number of para-hydroxylation sites is 1. The van der Waals surface area contributed by atoms with Gasteiger partial charge < -0.3 is 14.6 Å². The van der Waals surface area contributed by atoms with Crippen LogP contribution < -0.4 is 14.9 Å². The molecule has 0 spiro atoms. The van der Waals surface area contributed by atoms with Crippen molar-refractivity contribution in [2.45, 2.75) is 0 Å². The van der Waals surface area contributed by atoms with Crippen molar-refractivity contribution >= 4 is 12.2 Å². The van der Waals surface area contributed by atoms with E-state index in [1.807, 2.05) is 60.7 Å². The van der Waals surface area contributed by atoms with Crippen LogP contribution in [0.15, 0.2) is 84.0 Å². The van der Waals surface area contributed by atoms with E-state index in [0.717, 1.165) is 16.8 Å². The van der Waals surface area contributed by atoms with Crippen LogP contribution in [0.5, 0.6) is 17.2 Å². The lowest BCUT2D eigenvalue weighted by Crippen LogP contribution is -2.00. The van der Waals surface area contributed by atoms with Gasteiger partial charge in [-0.1, -0.05) is 42.5 Å². The normalized spacial score (nSPS) is 10.8. The molecule has 0 aliphatic carbocycles. The Morgan fingerprint density at radius 2 is 1.47 bits per heavy atom. The number of anilines is 1. The molecule has 1 aromatic heterocycles. The molecule has 0 amide bonds. The maximum absolute atomic E-state index is 9.91. The largest absolute Gasteiger partial charge is 0.507 e. The third kappa shape index (κ3) is 4.67. The minimum Gasteiger partial charge on any atom is -0.507 e. The van der Waals surface area contributed by atoms with Crippen molar-refractivity contribution in [1.82, 2.24) is 9.97 Å². The Hall–Kier alpha value is -4.39. The number of benzene rings is 3. The molecule has 0 saturated carbocycles. The molecular formula is C25H22N4O3. The minimum atomic E-state index is 0.142. The van der Waals surface area contributed by atoms with Crippen LogP contribution in [-0.4, -0.2) is 35.5 Å². The van der Waals surface area contributed by atoms with Gasteiger partial charge in [-0.3, -0.25) is 0 Å². The van der Waals surface area contributed by atoms with Gasteiger partial charge in [-0.2, -0.15) is 5.10 Å². The fourth-order valence-electron chi connectivity index (χ4n) is 3.15. The van der Waals surface area contributed by atoms with Crippen LogP contribution in [0, 0.1) is 0 Å². The highest BCUT2D eigenvalue weighted by Crippen LogP contribution is 2.33. The summed E-state index contributed by atoms with van der Waals surface area (Å²) in [6, 6.07) is 24.3. The van der Waals surface area contributed by atoms with E-state index < -0.39 is 0 Å². The van der Waals surface area contributed by atoms with Crippen molar-refractivity contribution in [3.05, 3.63) is 84.4 Å². The standard InChI is InChI=1S/C25H22N4O3/c1-31-23-13-12-18(14-24(23)32-2)21-15-20(17-8-4-3-5-9-17)27-25(28-21)29-26-16-19-10-6-7-11-22(19)30/h3-16,30H,1-2H3,(H,27,28,29)/b26-16+. The molecular weight excluding hydrogens is 404 g/mol. The van der Waals surface area contributed by atoms with E-state index in [4.69, 9.17) is 9.47 Å². The molecule has 0 saturated heterocycles. The second-order valence-corrected chi connectivity index (χ2v) is 6.83. The average molecular weight is 426 g/mol. The maximum atomic E-state index is 9.91. The summed E-state index contributed by atoms with van der Waals surface area (Å²) in [6.07, 6.45) is 1.52. The van der Waals surface area contributed by atoms with E-state index in [2.05, 4.69) is 20.5 Å². The second kappa shape index (κ2) is 9.61. The summed E-state index contributed by atoms with van der Waals surface area (Å²) >= 11 is 0. The quantitative estimate of drug-likeness (QED) is 0.320. The van der Waals surface area contributed by atoms with Gasteiger partial charge in [-0.25, -0.2) is 15.4 Å². The fraction of sp³-hybridized carbons (Fsp3) is 0.0800. The zero-order valence-electron chi connectivity index (χ0n) is 17.7. The predicted octanol–water partition coefficient (Wildman–Crippen LogP) is 4.98. The van der Waals surface area contributed by atoms with E-state index in [0.29, 0.717) is 28.7 Å². The van der Waals surface area contributed by atoms with Crippen LogP contribution in [0.4, 0.5) is 5.95 Å². The van der Waals surface area contributed by atoms with Crippen LogP contribution in [-0.2, 0) is 0 Å². The van der Waals surface area contributed by atoms with E-state index in [-0.39, 0.29) is 5.75 Å². The molecule has 7 heteroatoms. The van der Waals surface area contributed by atoms with Crippen LogP contribution >= 0.6 is 0 Å². The highest BCUT2D eigenvalue weighted by Gasteiger charge is 2.11. The fourth-order valence-corrected chi connectivity index (χ4v) is 3.15. The summed E-state index contributed by atoms with van der Waals surface area (Å²) in [6.45, 7) is 0. The number of nitrogens with one attached hydrogen (secondary N) is 1. The minimum absolute atomic E-state index is 0.142. The highest BCUT2D eigenvalue weighted by atomic mass is 16.5. The molecule has 3 aromatic carbocycles. The smallest absolute Gasteiger partial charge is 0.244 e. The lowest BCUT2D eigenvalue weighted by Gasteiger charge is -2.11. The number of nitrogens with zero attached hydrogens (tertiary/aromatic N) is 3. The summed E-state index contributed by atoms with van der Waals surface area (Å²) in [5.74, 6) is 1.71. The van der Waals surface area contributed by atoms with E-state index in [1.54, 1.807) is 32.4 Å². The van der Waals surface area contributed by atoms with Crippen molar-refractivity contribution in [3.63, 3.8) is 0 Å². The first kappa shape index (κ1) is 20.9. The Labute approximate surface area is 186 Å². The monoisotopic (exact) mass is 426 g/mol. The van der Waals surface area contributed by atoms with Crippen molar-refractivity contribution < 1.29 is 14.6 Å². The summed E-state index contributed by atoms with van der Waals surface area (Å²) in [7, 11) is 3.19. The molecule has 2 N–H and O–H groups in total. The third-order valence-electron chi connectivity index (χ3n) is 4.78. The summed E-state index contributed by atoms with van der Waals surface area (Å²) in [4.78, 5) is 9.22. The topological polar surface area (TPSA) is 88.9 Å². The number of methoxy groups -OCH3 is 2. The summed E-state index contributed by atoms with van der Waals surface area (Å²) in [5, 5.41) is 14.1. The van der Waals surface area contributed by atoms with Crippen LogP contribution in [0.3, 0.4) is 0 Å². The zero-order chi connectivity index (χ0) is 22.3. The highest BCUT2D eigenvalue weighted by molar-refractivity contribution is 5.83. The third-order valence-corrected chi connectivity index (χ3v) is 4.78. The molecule has 32 heavy (non-hydrogen) atoms. The molecule has 0 fully saturated rings. The van der Waals surface area contributed by atoms with E-state index >= 15 is 0 Å². The number of aromatic hydroxyl groups is 1. The second-order valence-electron chi connectivity index (χ2n) is 6.83. The van der Waals surface area contributed by atoms with Gasteiger partial charge in [0.05, 0.1) is 31.8 Å². The first-order valence-electron chi connectivity index (χ1n) is 9.92. The number of phenols is 1.